The first-order valence-electron chi connectivity index (χ1n) is 12.5. The van der Waals surface area contributed by atoms with Crippen LogP contribution in [0.1, 0.15) is 32.4 Å². The van der Waals surface area contributed by atoms with Crippen molar-refractivity contribution in [3.8, 4) is 11.3 Å². The lowest BCUT2D eigenvalue weighted by Gasteiger charge is -2.44. The average molecular weight is 665 g/mol. The van der Waals surface area contributed by atoms with E-state index in [-0.39, 0.29) is 10.7 Å². The third-order valence-corrected chi connectivity index (χ3v) is 7.35. The fourth-order valence-electron chi connectivity index (χ4n) is 4.42. The number of alkyl halides is 3. The molecule has 1 aromatic carbocycles. The van der Waals surface area contributed by atoms with E-state index in [2.05, 4.69) is 15.3 Å². The predicted molar refractivity (Wildman–Crippen MR) is 141 cm³/mol. The molecule has 0 amide bonds. The van der Waals surface area contributed by atoms with Crippen LogP contribution in [0, 0.1) is 11.6 Å². The van der Waals surface area contributed by atoms with Gasteiger partial charge in [-0.15, -0.1) is 5.10 Å². The first kappa shape index (κ1) is 33.1. The summed E-state index contributed by atoms with van der Waals surface area (Å²) >= 11 is 7.07. The minimum absolute atomic E-state index is 0.272. The van der Waals surface area contributed by atoms with Crippen LogP contribution in [-0.4, -0.2) is 68.2 Å². The van der Waals surface area contributed by atoms with Crippen LogP contribution in [0.5, 0.6) is 0 Å². The highest BCUT2D eigenvalue weighted by atomic mass is 35.5. The number of ether oxygens (including phenoxy) is 4. The monoisotopic (exact) mass is 664 g/mol. The summed E-state index contributed by atoms with van der Waals surface area (Å²) in [4.78, 5) is 40.6. The second-order valence-corrected chi connectivity index (χ2v) is 10.9. The number of carbonyl (C=O) groups is 3. The van der Waals surface area contributed by atoms with Gasteiger partial charge in [-0.25, -0.2) is 13.5 Å². The van der Waals surface area contributed by atoms with Crippen LogP contribution < -0.4 is 0 Å². The Bertz CT molecular complexity index is 1540. The summed E-state index contributed by atoms with van der Waals surface area (Å²) in [6, 6.07) is 1.15. The summed E-state index contributed by atoms with van der Waals surface area (Å²) in [5, 5.41) is 8.07. The van der Waals surface area contributed by atoms with Crippen molar-refractivity contribution in [2.75, 3.05) is 6.61 Å². The first-order valence-corrected chi connectivity index (χ1v) is 13.8. The maximum absolute atomic E-state index is 14.3. The third kappa shape index (κ3) is 7.81. The number of rotatable bonds is 8. The maximum Gasteiger partial charge on any atom is 0.422 e. The van der Waals surface area contributed by atoms with Crippen molar-refractivity contribution in [1.29, 1.82) is 0 Å². The van der Waals surface area contributed by atoms with Crippen LogP contribution in [0.2, 0.25) is 5.02 Å². The Morgan fingerprint density at radius 2 is 1.64 bits per heavy atom. The van der Waals surface area contributed by atoms with E-state index in [1.807, 2.05) is 0 Å². The van der Waals surface area contributed by atoms with Gasteiger partial charge in [-0.3, -0.25) is 19.4 Å². The Labute approximate surface area is 254 Å². The molecule has 0 spiro atoms. The van der Waals surface area contributed by atoms with E-state index in [1.165, 1.54) is 12.4 Å². The summed E-state index contributed by atoms with van der Waals surface area (Å²) in [7, 11) is 0. The van der Waals surface area contributed by atoms with Crippen molar-refractivity contribution in [1.82, 2.24) is 20.0 Å². The normalized spacial score (nSPS) is 21.9. The summed E-state index contributed by atoms with van der Waals surface area (Å²) in [5.41, 5.74) is -3.85. The van der Waals surface area contributed by atoms with Gasteiger partial charge in [0.25, 0.3) is 0 Å². The first-order chi connectivity index (χ1) is 20.6. The molecule has 0 saturated carbocycles. The van der Waals surface area contributed by atoms with Crippen molar-refractivity contribution in [3.63, 3.8) is 0 Å². The summed E-state index contributed by atoms with van der Waals surface area (Å²) < 4.78 is 91.4. The quantitative estimate of drug-likeness (QED) is 0.187. The van der Waals surface area contributed by atoms with Gasteiger partial charge < -0.3 is 18.9 Å². The van der Waals surface area contributed by atoms with E-state index in [4.69, 9.17) is 30.5 Å². The van der Waals surface area contributed by atoms with Crippen molar-refractivity contribution >= 4 is 41.3 Å². The Morgan fingerprint density at radius 1 is 1.00 bits per heavy atom. The number of nitrogens with zero attached hydrogens (tertiary/aromatic N) is 4. The van der Waals surface area contributed by atoms with Gasteiger partial charge in [0.2, 0.25) is 0 Å². The van der Waals surface area contributed by atoms with E-state index in [9.17, 15) is 36.3 Å². The van der Waals surface area contributed by atoms with Crippen molar-refractivity contribution in [3.05, 3.63) is 59.0 Å². The molecular weight excluding hydrogens is 643 g/mol. The molecule has 5 unspecified atom stereocenters. The van der Waals surface area contributed by atoms with Crippen LogP contribution in [0.15, 0.2) is 41.7 Å². The highest BCUT2D eigenvalue weighted by Crippen LogP contribution is 2.42. The molecule has 4 rings (SSSR count). The van der Waals surface area contributed by atoms with Crippen LogP contribution >= 0.6 is 23.4 Å². The molecule has 1 aliphatic heterocycles. The van der Waals surface area contributed by atoms with Gasteiger partial charge in [0.1, 0.15) is 47.1 Å². The number of benzene rings is 1. The van der Waals surface area contributed by atoms with E-state index in [0.29, 0.717) is 17.0 Å². The number of hydrogen-bond donors (Lipinski definition) is 0. The van der Waals surface area contributed by atoms with Gasteiger partial charge in [-0.05, 0) is 18.2 Å². The summed E-state index contributed by atoms with van der Waals surface area (Å²) in [6.45, 7) is 2.89. The van der Waals surface area contributed by atoms with E-state index >= 15 is 0 Å². The zero-order chi connectivity index (χ0) is 32.3. The number of halogens is 6. The van der Waals surface area contributed by atoms with E-state index < -0.39 is 83.2 Å². The molecule has 5 atom stereocenters. The smallest absolute Gasteiger partial charge is 0.422 e. The molecule has 2 aromatic heterocycles. The van der Waals surface area contributed by atoms with Gasteiger partial charge >= 0.3 is 24.1 Å². The molecule has 3 heterocycles. The van der Waals surface area contributed by atoms with Gasteiger partial charge in [-0.2, -0.15) is 13.2 Å². The average Bonchev–Trinajstić information content (AvgIpc) is 3.37. The van der Waals surface area contributed by atoms with Crippen LogP contribution in [0.4, 0.5) is 22.0 Å². The number of carbonyl (C=O) groups excluding carboxylic acids is 3. The molecule has 1 saturated heterocycles. The molecule has 0 aliphatic carbocycles. The lowest BCUT2D eigenvalue weighted by Crippen LogP contribution is -2.57. The molecule has 1 fully saturated rings. The second-order valence-electron chi connectivity index (χ2n) is 9.34. The van der Waals surface area contributed by atoms with Gasteiger partial charge in [-0.1, -0.05) is 28.6 Å². The molecule has 0 bridgehead atoms. The summed E-state index contributed by atoms with van der Waals surface area (Å²) in [6.07, 6.45) is -5.22. The predicted octanol–water partition coefficient (Wildman–Crippen LogP) is 4.78. The van der Waals surface area contributed by atoms with Crippen molar-refractivity contribution in [2.24, 2.45) is 0 Å². The summed E-state index contributed by atoms with van der Waals surface area (Å²) in [5.74, 6) is -6.04. The van der Waals surface area contributed by atoms with Gasteiger partial charge in [0, 0.05) is 43.6 Å². The molecule has 236 valence electrons. The molecule has 0 N–H and O–H groups in total. The van der Waals surface area contributed by atoms with E-state index in [0.717, 1.165) is 43.4 Å². The number of aromatic nitrogens is 4. The Hall–Kier alpha value is -3.83. The van der Waals surface area contributed by atoms with E-state index in [1.54, 1.807) is 6.07 Å². The SMILES string of the molecule is CC(=O)OCC1OC(Sc2cncc(Cl)c2)C(OC(C)=O)C(n2cc(-c3cc(F)c(C(F)(F)F)c(F)c3)nn2)C1OC(C)=O. The Kier molecular flexibility index (Phi) is 10.1. The number of hydrogen-bond acceptors (Lipinski definition) is 11. The zero-order valence-corrected chi connectivity index (χ0v) is 24.5. The lowest BCUT2D eigenvalue weighted by molar-refractivity contribution is -0.212. The zero-order valence-electron chi connectivity index (χ0n) is 22.9. The van der Waals surface area contributed by atoms with Crippen molar-refractivity contribution in [2.45, 2.75) is 61.6 Å². The Balaban J connectivity index is 1.82. The molecule has 11 nitrogen and oxygen atoms in total. The van der Waals surface area contributed by atoms with Crippen LogP contribution in [-0.2, 0) is 39.5 Å². The van der Waals surface area contributed by atoms with Crippen LogP contribution in [0.3, 0.4) is 0 Å². The van der Waals surface area contributed by atoms with Gasteiger partial charge in [0.05, 0.1) is 11.2 Å². The standard InChI is InChI=1S/C26H22ClF5N4O7S/c1-11(37)40-10-20-23(41-12(2)38)22(24(42-13(3)39)25(43-20)44-16-6-15(27)7-33-8-16)36-9-19(34-35-36)14-4-17(28)21(18(29)5-14)26(30,31)32/h4-9,20,22-25H,10H2,1-3H3. The molecule has 0 radical (unpaired) electrons. The van der Waals surface area contributed by atoms with Crippen molar-refractivity contribution < 1.29 is 55.3 Å². The second kappa shape index (κ2) is 13.4. The fourth-order valence-corrected chi connectivity index (χ4v) is 5.79. The largest absolute Gasteiger partial charge is 0.463 e. The maximum atomic E-state index is 14.3. The Morgan fingerprint density at radius 3 is 2.20 bits per heavy atom. The molecular formula is C26H22ClF5N4O7S. The minimum Gasteiger partial charge on any atom is -0.463 e. The highest BCUT2D eigenvalue weighted by molar-refractivity contribution is 7.99. The number of esters is 3. The lowest BCUT2D eigenvalue weighted by atomic mass is 9.96. The number of thioether (sulfide) groups is 1. The molecule has 18 heteroatoms. The molecule has 44 heavy (non-hydrogen) atoms. The molecule has 1 aliphatic rings. The third-order valence-electron chi connectivity index (χ3n) is 6.04. The highest BCUT2D eigenvalue weighted by Gasteiger charge is 2.52. The van der Waals surface area contributed by atoms with Gasteiger partial charge in [0.15, 0.2) is 12.2 Å². The number of pyridine rings is 1. The fraction of sp³-hybridized carbons (Fsp3) is 0.385. The topological polar surface area (TPSA) is 132 Å². The minimum atomic E-state index is -5.29. The molecule has 3 aromatic rings. The van der Waals surface area contributed by atoms with Crippen LogP contribution in [0.25, 0.3) is 11.3 Å².